The molecule has 13 nitrogen and oxygen atoms in total. The van der Waals surface area contributed by atoms with E-state index in [4.69, 9.17) is 20.6 Å². The number of sulfonamides is 1. The van der Waals surface area contributed by atoms with Gasteiger partial charge in [-0.05, 0) is 55.5 Å². The second-order valence-electron chi connectivity index (χ2n) is 8.60. The number of piperazine rings is 1. The SMILES string of the molecule is CCOC(=O)[C@H](CNC(=O)CN1CCN(c2ccc(C(=N)N)cc2)CC1=O)NS(=O)(=O)c1ccc(OC)cc1. The monoisotopic (exact) mass is 560 g/mol. The number of amides is 2. The van der Waals surface area contributed by atoms with Crippen LogP contribution in [0.4, 0.5) is 5.69 Å². The van der Waals surface area contributed by atoms with Crippen LogP contribution in [0, 0.1) is 5.41 Å². The van der Waals surface area contributed by atoms with E-state index in [2.05, 4.69) is 10.0 Å². The minimum absolute atomic E-state index is 0.0177. The van der Waals surface area contributed by atoms with Crippen LogP contribution in [0.25, 0.3) is 0 Å². The summed E-state index contributed by atoms with van der Waals surface area (Å²) >= 11 is 0. The topological polar surface area (TPSA) is 184 Å². The van der Waals surface area contributed by atoms with Gasteiger partial charge in [-0.1, -0.05) is 0 Å². The lowest BCUT2D eigenvalue weighted by Gasteiger charge is -2.35. The molecule has 1 aliphatic rings. The number of ether oxygens (including phenoxy) is 2. The Labute approximate surface area is 226 Å². The third kappa shape index (κ3) is 7.91. The van der Waals surface area contributed by atoms with Gasteiger partial charge in [-0.15, -0.1) is 0 Å². The molecule has 210 valence electrons. The minimum Gasteiger partial charge on any atom is -0.497 e. The molecule has 1 aliphatic heterocycles. The van der Waals surface area contributed by atoms with Crippen molar-refractivity contribution in [3.8, 4) is 5.75 Å². The van der Waals surface area contributed by atoms with Gasteiger partial charge in [0.15, 0.2) is 0 Å². The smallest absolute Gasteiger partial charge is 0.326 e. The highest BCUT2D eigenvalue weighted by atomic mass is 32.2. The predicted molar refractivity (Wildman–Crippen MR) is 143 cm³/mol. The first-order chi connectivity index (χ1) is 18.5. The molecule has 0 radical (unpaired) electrons. The van der Waals surface area contributed by atoms with Crippen molar-refractivity contribution in [1.82, 2.24) is 14.9 Å². The molecule has 3 rings (SSSR count). The lowest BCUT2D eigenvalue weighted by Crippen LogP contribution is -2.54. The van der Waals surface area contributed by atoms with E-state index in [-0.39, 0.29) is 49.4 Å². The van der Waals surface area contributed by atoms with Gasteiger partial charge in [0.25, 0.3) is 0 Å². The Balaban J connectivity index is 1.57. The molecule has 14 heteroatoms. The summed E-state index contributed by atoms with van der Waals surface area (Å²) in [6.45, 7) is 1.79. The second kappa shape index (κ2) is 13.1. The van der Waals surface area contributed by atoms with Gasteiger partial charge >= 0.3 is 5.97 Å². The summed E-state index contributed by atoms with van der Waals surface area (Å²) in [5.74, 6) is -1.26. The molecule has 1 heterocycles. The van der Waals surface area contributed by atoms with E-state index >= 15 is 0 Å². The van der Waals surface area contributed by atoms with Crippen molar-refractivity contribution < 1.29 is 32.3 Å². The maximum absolute atomic E-state index is 12.8. The predicted octanol–water partition coefficient (Wildman–Crippen LogP) is -0.346. The normalized spacial score (nSPS) is 14.5. The molecule has 0 unspecified atom stereocenters. The van der Waals surface area contributed by atoms with Crippen LogP contribution in [-0.4, -0.2) is 89.4 Å². The maximum Gasteiger partial charge on any atom is 0.326 e. The average molecular weight is 561 g/mol. The fourth-order valence-corrected chi connectivity index (χ4v) is 5.00. The van der Waals surface area contributed by atoms with Crippen molar-refractivity contribution in [2.75, 3.05) is 51.3 Å². The van der Waals surface area contributed by atoms with E-state index in [1.54, 1.807) is 31.2 Å². The summed E-state index contributed by atoms with van der Waals surface area (Å²) in [5.41, 5.74) is 6.84. The number of esters is 1. The Kier molecular flexibility index (Phi) is 9.84. The number of anilines is 1. The van der Waals surface area contributed by atoms with Crippen molar-refractivity contribution in [3.05, 3.63) is 54.1 Å². The molecule has 2 aromatic carbocycles. The highest BCUT2D eigenvalue weighted by Crippen LogP contribution is 2.18. The van der Waals surface area contributed by atoms with Gasteiger partial charge < -0.3 is 30.3 Å². The van der Waals surface area contributed by atoms with E-state index < -0.39 is 27.9 Å². The summed E-state index contributed by atoms with van der Waals surface area (Å²) in [7, 11) is -2.67. The molecule has 1 fully saturated rings. The minimum atomic E-state index is -4.12. The number of nitrogens with two attached hydrogens (primary N) is 1. The number of nitrogen functional groups attached to an aromatic ring is 1. The Bertz CT molecular complexity index is 1300. The molecule has 2 amide bonds. The van der Waals surface area contributed by atoms with E-state index in [9.17, 15) is 22.8 Å². The van der Waals surface area contributed by atoms with Gasteiger partial charge in [0.2, 0.25) is 21.8 Å². The first-order valence-corrected chi connectivity index (χ1v) is 13.6. The molecule has 0 saturated carbocycles. The Morgan fingerprint density at radius 1 is 1.10 bits per heavy atom. The quantitative estimate of drug-likeness (QED) is 0.153. The third-order valence-electron chi connectivity index (χ3n) is 5.94. The van der Waals surface area contributed by atoms with Crippen molar-refractivity contribution >= 4 is 39.3 Å². The van der Waals surface area contributed by atoms with Crippen LogP contribution in [0.3, 0.4) is 0 Å². The summed E-state index contributed by atoms with van der Waals surface area (Å²) < 4.78 is 37.9. The summed E-state index contributed by atoms with van der Waals surface area (Å²) in [6, 6.07) is 11.1. The van der Waals surface area contributed by atoms with Crippen molar-refractivity contribution in [3.63, 3.8) is 0 Å². The number of rotatable bonds is 12. The summed E-state index contributed by atoms with van der Waals surface area (Å²) in [4.78, 5) is 40.9. The van der Waals surface area contributed by atoms with Crippen LogP contribution in [0.5, 0.6) is 5.75 Å². The molecule has 1 atom stereocenters. The zero-order valence-corrected chi connectivity index (χ0v) is 22.5. The van der Waals surface area contributed by atoms with E-state index in [0.29, 0.717) is 17.9 Å². The largest absolute Gasteiger partial charge is 0.497 e. The van der Waals surface area contributed by atoms with Crippen LogP contribution in [-0.2, 0) is 29.1 Å². The lowest BCUT2D eigenvalue weighted by atomic mass is 10.1. The van der Waals surface area contributed by atoms with Crippen molar-refractivity contribution in [2.24, 2.45) is 5.73 Å². The van der Waals surface area contributed by atoms with Crippen molar-refractivity contribution in [1.29, 1.82) is 5.41 Å². The zero-order chi connectivity index (χ0) is 28.6. The van der Waals surface area contributed by atoms with Crippen LogP contribution in [0.1, 0.15) is 12.5 Å². The zero-order valence-electron chi connectivity index (χ0n) is 21.7. The van der Waals surface area contributed by atoms with E-state index in [1.807, 2.05) is 4.90 Å². The number of hydrogen-bond donors (Lipinski definition) is 4. The molecule has 2 aromatic rings. The number of methoxy groups -OCH3 is 1. The lowest BCUT2D eigenvalue weighted by molar-refractivity contribution is -0.145. The number of amidine groups is 1. The number of benzene rings is 2. The average Bonchev–Trinajstić information content (AvgIpc) is 2.92. The number of nitrogens with zero attached hydrogens (tertiary/aromatic N) is 2. The summed E-state index contributed by atoms with van der Waals surface area (Å²) in [5, 5.41) is 9.99. The Morgan fingerprint density at radius 3 is 2.33 bits per heavy atom. The number of hydrogen-bond acceptors (Lipinski definition) is 9. The van der Waals surface area contributed by atoms with Gasteiger partial charge in [0.1, 0.15) is 17.6 Å². The molecular formula is C25H32N6O7S. The van der Waals surface area contributed by atoms with Gasteiger partial charge in [-0.25, -0.2) is 8.42 Å². The standard InChI is InChI=1S/C25H32N6O7S/c1-3-38-25(34)21(29-39(35,36)20-10-8-19(37-2)9-11-20)14-28-22(32)15-31-13-12-30(16-23(31)33)18-6-4-17(5-7-18)24(26)27/h4-11,21,29H,3,12-16H2,1-2H3,(H3,26,27)(H,28,32)/t21-/m0/s1. The molecule has 0 spiro atoms. The molecular weight excluding hydrogens is 528 g/mol. The van der Waals surface area contributed by atoms with Crippen LogP contribution in [0.15, 0.2) is 53.4 Å². The third-order valence-corrected chi connectivity index (χ3v) is 7.43. The van der Waals surface area contributed by atoms with Crippen LogP contribution < -0.4 is 25.4 Å². The van der Waals surface area contributed by atoms with Gasteiger partial charge in [0.05, 0.1) is 31.7 Å². The Hall–Kier alpha value is -4.17. The van der Waals surface area contributed by atoms with Crippen LogP contribution in [0.2, 0.25) is 0 Å². The fraction of sp³-hybridized carbons (Fsp3) is 0.360. The molecule has 5 N–H and O–H groups in total. The number of nitrogens with one attached hydrogen (secondary N) is 3. The molecule has 39 heavy (non-hydrogen) atoms. The van der Waals surface area contributed by atoms with E-state index in [0.717, 1.165) is 5.69 Å². The van der Waals surface area contributed by atoms with Crippen molar-refractivity contribution in [2.45, 2.75) is 17.9 Å². The van der Waals surface area contributed by atoms with Gasteiger partial charge in [-0.2, -0.15) is 4.72 Å². The fourth-order valence-electron chi connectivity index (χ4n) is 3.82. The highest BCUT2D eigenvalue weighted by molar-refractivity contribution is 7.89. The number of carbonyl (C=O) groups is 3. The summed E-state index contributed by atoms with van der Waals surface area (Å²) in [6.07, 6.45) is 0. The molecule has 0 bridgehead atoms. The van der Waals surface area contributed by atoms with Gasteiger partial charge in [0, 0.05) is 30.9 Å². The highest BCUT2D eigenvalue weighted by Gasteiger charge is 2.29. The molecule has 0 aliphatic carbocycles. The first-order valence-electron chi connectivity index (χ1n) is 12.1. The second-order valence-corrected chi connectivity index (χ2v) is 10.3. The molecule has 1 saturated heterocycles. The van der Waals surface area contributed by atoms with E-state index in [1.165, 1.54) is 36.3 Å². The Morgan fingerprint density at radius 2 is 1.77 bits per heavy atom. The maximum atomic E-state index is 12.8. The van der Waals surface area contributed by atoms with Crippen LogP contribution >= 0.6 is 0 Å². The molecule has 0 aromatic heterocycles. The van der Waals surface area contributed by atoms with Gasteiger partial charge in [-0.3, -0.25) is 19.8 Å². The number of carbonyl (C=O) groups excluding carboxylic acids is 3. The first kappa shape index (κ1) is 29.4.